The van der Waals surface area contributed by atoms with Gasteiger partial charge in [0, 0.05) is 29.8 Å². The smallest absolute Gasteiger partial charge is 0.243 e. The van der Waals surface area contributed by atoms with E-state index in [0.717, 1.165) is 22.3 Å². The van der Waals surface area contributed by atoms with Crippen LogP contribution in [0.15, 0.2) is 78.9 Å². The number of nitrogens with one attached hydrogen (secondary N) is 1. The zero-order chi connectivity index (χ0) is 25.2. The van der Waals surface area contributed by atoms with Crippen LogP contribution in [0.2, 0.25) is 5.02 Å². The Balaban J connectivity index is 1.85. The minimum Gasteiger partial charge on any atom is -0.352 e. The summed E-state index contributed by atoms with van der Waals surface area (Å²) >= 11 is 7.54. The number of rotatable bonds is 11. The number of benzene rings is 3. The van der Waals surface area contributed by atoms with E-state index in [1.165, 1.54) is 0 Å². The number of carbonyl (C=O) groups is 2. The van der Waals surface area contributed by atoms with Gasteiger partial charge in [-0.3, -0.25) is 9.59 Å². The molecule has 1 atom stereocenters. The second-order valence-corrected chi connectivity index (χ2v) is 10.4. The van der Waals surface area contributed by atoms with Gasteiger partial charge in [0.15, 0.2) is 0 Å². The second kappa shape index (κ2) is 13.4. The third-order valence-electron chi connectivity index (χ3n) is 5.71. The minimum absolute atomic E-state index is 0.0181. The van der Waals surface area contributed by atoms with Crippen LogP contribution < -0.4 is 5.32 Å². The highest BCUT2D eigenvalue weighted by Crippen LogP contribution is 2.20. The Morgan fingerprint density at radius 1 is 0.914 bits per heavy atom. The monoisotopic (exact) mass is 508 g/mol. The van der Waals surface area contributed by atoms with E-state index in [2.05, 4.69) is 5.32 Å². The molecule has 3 aromatic carbocycles. The number of nitrogens with zero attached hydrogens (tertiary/aromatic N) is 1. The quantitative estimate of drug-likeness (QED) is 0.343. The number of aryl methyl sites for hydroxylation is 1. The van der Waals surface area contributed by atoms with Crippen LogP contribution in [0.25, 0.3) is 0 Å². The van der Waals surface area contributed by atoms with Crippen LogP contribution in [-0.2, 0) is 28.3 Å². The van der Waals surface area contributed by atoms with E-state index in [1.807, 2.05) is 99.6 Å². The standard InChI is InChI=1S/C29H33ClN2O2S/c1-21(2)31-29(34)27(17-23-10-5-4-6-11-23)32(18-25-12-8-7-9-22(25)3)28(33)20-35-19-24-13-15-26(30)16-14-24/h4-16,21,27H,17-20H2,1-3H3,(H,31,34)/t27-/m1/s1. The molecule has 0 radical (unpaired) electrons. The molecule has 0 aliphatic heterocycles. The predicted octanol–water partition coefficient (Wildman–Crippen LogP) is 6.05. The molecule has 0 aromatic heterocycles. The van der Waals surface area contributed by atoms with E-state index in [1.54, 1.807) is 16.7 Å². The number of hydrogen-bond acceptors (Lipinski definition) is 3. The average Bonchev–Trinajstić information content (AvgIpc) is 2.83. The molecular formula is C29H33ClN2O2S. The van der Waals surface area contributed by atoms with Gasteiger partial charge in [-0.05, 0) is 55.2 Å². The van der Waals surface area contributed by atoms with Crippen LogP contribution in [0.4, 0.5) is 0 Å². The van der Waals surface area contributed by atoms with Crippen molar-refractivity contribution in [3.63, 3.8) is 0 Å². The van der Waals surface area contributed by atoms with Crippen LogP contribution in [0.1, 0.15) is 36.1 Å². The van der Waals surface area contributed by atoms with Gasteiger partial charge in [0.05, 0.1) is 5.75 Å². The predicted molar refractivity (Wildman–Crippen MR) is 147 cm³/mol. The normalized spacial score (nSPS) is 11.8. The summed E-state index contributed by atoms with van der Waals surface area (Å²) in [5.74, 6) is 0.803. The van der Waals surface area contributed by atoms with Crippen molar-refractivity contribution in [2.45, 2.75) is 51.6 Å². The van der Waals surface area contributed by atoms with Gasteiger partial charge in [0.25, 0.3) is 0 Å². The fourth-order valence-electron chi connectivity index (χ4n) is 3.83. The van der Waals surface area contributed by atoms with E-state index in [-0.39, 0.29) is 23.6 Å². The number of amides is 2. The first-order chi connectivity index (χ1) is 16.8. The van der Waals surface area contributed by atoms with E-state index in [4.69, 9.17) is 11.6 Å². The Kier molecular flexibility index (Phi) is 10.2. The zero-order valence-electron chi connectivity index (χ0n) is 20.5. The molecule has 0 unspecified atom stereocenters. The molecular weight excluding hydrogens is 476 g/mol. The minimum atomic E-state index is -0.608. The number of thioether (sulfide) groups is 1. The lowest BCUT2D eigenvalue weighted by Crippen LogP contribution is -2.52. The van der Waals surface area contributed by atoms with Gasteiger partial charge < -0.3 is 10.2 Å². The van der Waals surface area contributed by atoms with Crippen LogP contribution in [0.5, 0.6) is 0 Å². The van der Waals surface area contributed by atoms with Gasteiger partial charge >= 0.3 is 0 Å². The summed E-state index contributed by atoms with van der Waals surface area (Å²) in [6.07, 6.45) is 0.457. The van der Waals surface area contributed by atoms with Crippen LogP contribution >= 0.6 is 23.4 Å². The SMILES string of the molecule is Cc1ccccc1CN(C(=O)CSCc1ccc(Cl)cc1)[C@H](Cc1ccccc1)C(=O)NC(C)C. The lowest BCUT2D eigenvalue weighted by molar-refractivity contribution is -0.139. The Labute approximate surface area is 218 Å². The van der Waals surface area contributed by atoms with Crippen molar-refractivity contribution in [3.8, 4) is 0 Å². The lowest BCUT2D eigenvalue weighted by atomic mass is 10.0. The number of hydrogen-bond donors (Lipinski definition) is 1. The average molecular weight is 509 g/mol. The number of carbonyl (C=O) groups excluding carboxylic acids is 2. The van der Waals surface area contributed by atoms with Crippen LogP contribution in [0.3, 0.4) is 0 Å². The summed E-state index contributed by atoms with van der Waals surface area (Å²) in [6, 6.07) is 24.9. The molecule has 0 spiro atoms. The highest BCUT2D eigenvalue weighted by Gasteiger charge is 2.30. The van der Waals surface area contributed by atoms with E-state index < -0.39 is 6.04 Å². The molecule has 3 rings (SSSR count). The molecule has 2 amide bonds. The Morgan fingerprint density at radius 3 is 2.23 bits per heavy atom. The summed E-state index contributed by atoms with van der Waals surface area (Å²) < 4.78 is 0. The Hall–Kier alpha value is -2.76. The first-order valence-electron chi connectivity index (χ1n) is 11.8. The molecule has 1 N–H and O–H groups in total. The molecule has 35 heavy (non-hydrogen) atoms. The summed E-state index contributed by atoms with van der Waals surface area (Å²) in [5, 5.41) is 3.73. The van der Waals surface area contributed by atoms with Gasteiger partial charge in [-0.2, -0.15) is 0 Å². The van der Waals surface area contributed by atoms with Gasteiger partial charge in [-0.1, -0.05) is 78.3 Å². The van der Waals surface area contributed by atoms with Crippen LogP contribution in [0, 0.1) is 6.92 Å². The van der Waals surface area contributed by atoms with E-state index >= 15 is 0 Å². The van der Waals surface area contributed by atoms with Crippen molar-refractivity contribution < 1.29 is 9.59 Å². The van der Waals surface area contributed by atoms with Crippen molar-refractivity contribution in [1.82, 2.24) is 10.2 Å². The number of halogens is 1. The highest BCUT2D eigenvalue weighted by atomic mass is 35.5. The largest absolute Gasteiger partial charge is 0.352 e. The van der Waals surface area contributed by atoms with Gasteiger partial charge in [0.2, 0.25) is 11.8 Å². The molecule has 6 heteroatoms. The highest BCUT2D eigenvalue weighted by molar-refractivity contribution is 7.99. The van der Waals surface area contributed by atoms with Crippen molar-refractivity contribution in [2.24, 2.45) is 0 Å². The maximum absolute atomic E-state index is 13.6. The van der Waals surface area contributed by atoms with Crippen molar-refractivity contribution in [2.75, 3.05) is 5.75 Å². The molecule has 0 bridgehead atoms. The third-order valence-corrected chi connectivity index (χ3v) is 6.95. The van der Waals surface area contributed by atoms with Crippen molar-refractivity contribution >= 4 is 35.2 Å². The fourth-order valence-corrected chi connectivity index (χ4v) is 4.82. The molecule has 4 nitrogen and oxygen atoms in total. The maximum atomic E-state index is 13.6. The molecule has 3 aromatic rings. The summed E-state index contributed by atoms with van der Waals surface area (Å²) in [5.41, 5.74) is 4.27. The van der Waals surface area contributed by atoms with Gasteiger partial charge in [-0.25, -0.2) is 0 Å². The van der Waals surface area contributed by atoms with Crippen LogP contribution in [-0.4, -0.2) is 34.6 Å². The summed E-state index contributed by atoms with van der Waals surface area (Å²) in [6.45, 7) is 6.30. The Morgan fingerprint density at radius 2 is 1.57 bits per heavy atom. The van der Waals surface area contributed by atoms with Gasteiger partial charge in [-0.15, -0.1) is 11.8 Å². The topological polar surface area (TPSA) is 49.4 Å². The van der Waals surface area contributed by atoms with Crippen molar-refractivity contribution in [1.29, 1.82) is 0 Å². The van der Waals surface area contributed by atoms with Crippen molar-refractivity contribution in [3.05, 3.63) is 106 Å². The lowest BCUT2D eigenvalue weighted by Gasteiger charge is -2.32. The molecule has 184 valence electrons. The summed E-state index contributed by atoms with van der Waals surface area (Å²) in [7, 11) is 0. The third kappa shape index (κ3) is 8.44. The maximum Gasteiger partial charge on any atom is 0.243 e. The van der Waals surface area contributed by atoms with Gasteiger partial charge in [0.1, 0.15) is 6.04 Å². The first kappa shape index (κ1) is 26.8. The molecule has 0 fully saturated rings. The van der Waals surface area contributed by atoms with E-state index in [9.17, 15) is 9.59 Å². The van der Waals surface area contributed by atoms with E-state index in [0.29, 0.717) is 23.7 Å². The summed E-state index contributed by atoms with van der Waals surface area (Å²) in [4.78, 5) is 28.8. The molecule has 0 saturated carbocycles. The zero-order valence-corrected chi connectivity index (χ0v) is 22.1. The fraction of sp³-hybridized carbons (Fsp3) is 0.310. The molecule has 0 aliphatic carbocycles. The molecule has 0 saturated heterocycles. The second-order valence-electron chi connectivity index (χ2n) is 8.94. The Bertz CT molecular complexity index is 1100. The molecule has 0 heterocycles. The first-order valence-corrected chi connectivity index (χ1v) is 13.4. The molecule has 0 aliphatic rings.